The highest BCUT2D eigenvalue weighted by Gasteiger charge is 2.28. The molecule has 1 saturated heterocycles. The summed E-state index contributed by atoms with van der Waals surface area (Å²) in [7, 11) is 1.83. The molecule has 0 radical (unpaired) electrons. The first-order chi connectivity index (χ1) is 9.33. The molecule has 0 aromatic carbocycles. The zero-order valence-electron chi connectivity index (χ0n) is 13.4. The number of piperidine rings is 1. The fourth-order valence-corrected chi connectivity index (χ4v) is 2.46. The van der Waals surface area contributed by atoms with E-state index in [-0.39, 0.29) is 18.7 Å². The van der Waals surface area contributed by atoms with Crippen LogP contribution in [-0.4, -0.2) is 65.9 Å². The molecule has 1 amide bonds. The number of aliphatic hydroxyl groups excluding tert-OH is 1. The maximum atomic E-state index is 12.0. The third kappa shape index (κ3) is 6.09. The summed E-state index contributed by atoms with van der Waals surface area (Å²) in [6.07, 6.45) is 3.68. The Morgan fingerprint density at radius 2 is 1.90 bits per heavy atom. The third-order valence-corrected chi connectivity index (χ3v) is 3.67. The standard InChI is InChI=1S/C15H30N2O3/c1-15(2,3)20-14(19)16(4)13-7-10-17(11-8-13)9-5-6-12-18/h13,18H,5-12H2,1-4H3. The summed E-state index contributed by atoms with van der Waals surface area (Å²) in [5, 5.41) is 8.79. The number of carbonyl (C=O) groups is 1. The van der Waals surface area contributed by atoms with Crippen molar-refractivity contribution in [2.75, 3.05) is 33.3 Å². The van der Waals surface area contributed by atoms with Gasteiger partial charge in [0.2, 0.25) is 0 Å². The van der Waals surface area contributed by atoms with Crippen LogP contribution in [-0.2, 0) is 4.74 Å². The normalized spacial score (nSPS) is 18.1. The van der Waals surface area contributed by atoms with Crippen LogP contribution in [0.3, 0.4) is 0 Å². The van der Waals surface area contributed by atoms with E-state index < -0.39 is 5.60 Å². The van der Waals surface area contributed by atoms with Gasteiger partial charge in [0.25, 0.3) is 0 Å². The minimum absolute atomic E-state index is 0.226. The summed E-state index contributed by atoms with van der Waals surface area (Å²) >= 11 is 0. The minimum atomic E-state index is -0.434. The number of unbranched alkanes of at least 4 members (excludes halogenated alkanes) is 1. The molecule has 1 aliphatic rings. The van der Waals surface area contributed by atoms with Crippen LogP contribution >= 0.6 is 0 Å². The Kier molecular flexibility index (Phi) is 6.76. The van der Waals surface area contributed by atoms with E-state index in [2.05, 4.69) is 4.90 Å². The predicted octanol–water partition coefficient (Wildman–Crippen LogP) is 2.09. The number of rotatable bonds is 5. The summed E-state index contributed by atoms with van der Waals surface area (Å²) in [6.45, 7) is 9.03. The van der Waals surface area contributed by atoms with E-state index in [0.717, 1.165) is 45.3 Å². The van der Waals surface area contributed by atoms with Crippen LogP contribution in [0, 0.1) is 0 Å². The van der Waals surface area contributed by atoms with E-state index in [9.17, 15) is 4.79 Å². The van der Waals surface area contributed by atoms with Crippen molar-refractivity contribution in [2.45, 2.75) is 58.1 Å². The monoisotopic (exact) mass is 286 g/mol. The lowest BCUT2D eigenvalue weighted by Crippen LogP contribution is -2.47. The van der Waals surface area contributed by atoms with Gasteiger partial charge in [-0.1, -0.05) is 0 Å². The number of likely N-dealkylation sites (tertiary alicyclic amines) is 1. The van der Waals surface area contributed by atoms with E-state index >= 15 is 0 Å². The fourth-order valence-electron chi connectivity index (χ4n) is 2.46. The molecule has 1 N–H and O–H groups in total. The van der Waals surface area contributed by atoms with Gasteiger partial charge < -0.3 is 19.6 Å². The van der Waals surface area contributed by atoms with E-state index in [1.165, 1.54) is 0 Å². The number of nitrogens with zero attached hydrogens (tertiary/aromatic N) is 2. The van der Waals surface area contributed by atoms with Gasteiger partial charge in [0.05, 0.1) is 0 Å². The number of hydrogen-bond acceptors (Lipinski definition) is 4. The number of ether oxygens (including phenoxy) is 1. The van der Waals surface area contributed by atoms with Crippen molar-refractivity contribution in [2.24, 2.45) is 0 Å². The maximum Gasteiger partial charge on any atom is 0.410 e. The lowest BCUT2D eigenvalue weighted by molar-refractivity contribution is 0.0151. The number of aliphatic hydroxyl groups is 1. The quantitative estimate of drug-likeness (QED) is 0.786. The first-order valence-corrected chi connectivity index (χ1v) is 7.62. The maximum absolute atomic E-state index is 12.0. The second kappa shape index (κ2) is 7.84. The molecule has 0 aromatic rings. The molecule has 5 nitrogen and oxygen atoms in total. The van der Waals surface area contributed by atoms with E-state index in [1.807, 2.05) is 27.8 Å². The summed E-state index contributed by atoms with van der Waals surface area (Å²) < 4.78 is 5.40. The minimum Gasteiger partial charge on any atom is -0.444 e. The first-order valence-electron chi connectivity index (χ1n) is 7.62. The Labute approximate surface area is 122 Å². The Morgan fingerprint density at radius 3 is 2.40 bits per heavy atom. The van der Waals surface area contributed by atoms with Crippen molar-refractivity contribution in [3.05, 3.63) is 0 Å². The molecule has 1 aliphatic heterocycles. The third-order valence-electron chi connectivity index (χ3n) is 3.67. The molecule has 118 valence electrons. The van der Waals surface area contributed by atoms with E-state index in [1.54, 1.807) is 4.90 Å². The highest BCUT2D eigenvalue weighted by Crippen LogP contribution is 2.18. The van der Waals surface area contributed by atoms with Crippen molar-refractivity contribution >= 4 is 6.09 Å². The fraction of sp³-hybridized carbons (Fsp3) is 0.933. The first kappa shape index (κ1) is 17.2. The Morgan fingerprint density at radius 1 is 1.30 bits per heavy atom. The number of carbonyl (C=O) groups excluding carboxylic acids is 1. The van der Waals surface area contributed by atoms with Gasteiger partial charge in [-0.25, -0.2) is 4.79 Å². The van der Waals surface area contributed by atoms with Gasteiger partial charge in [-0.2, -0.15) is 0 Å². The number of amides is 1. The van der Waals surface area contributed by atoms with Crippen LogP contribution in [0.1, 0.15) is 46.5 Å². The molecular weight excluding hydrogens is 256 g/mol. The highest BCUT2D eigenvalue weighted by atomic mass is 16.6. The highest BCUT2D eigenvalue weighted by molar-refractivity contribution is 5.68. The lowest BCUT2D eigenvalue weighted by atomic mass is 10.0. The molecule has 20 heavy (non-hydrogen) atoms. The van der Waals surface area contributed by atoms with Crippen LogP contribution < -0.4 is 0 Å². The van der Waals surface area contributed by atoms with Gasteiger partial charge >= 0.3 is 6.09 Å². The van der Waals surface area contributed by atoms with Gasteiger partial charge in [0, 0.05) is 32.8 Å². The van der Waals surface area contributed by atoms with Crippen molar-refractivity contribution in [3.8, 4) is 0 Å². The topological polar surface area (TPSA) is 53.0 Å². The predicted molar refractivity (Wildman–Crippen MR) is 79.8 cm³/mol. The second-order valence-electron chi connectivity index (χ2n) is 6.59. The van der Waals surface area contributed by atoms with Gasteiger partial charge in [-0.05, 0) is 53.0 Å². The van der Waals surface area contributed by atoms with Gasteiger partial charge in [-0.3, -0.25) is 0 Å². The smallest absolute Gasteiger partial charge is 0.410 e. The largest absolute Gasteiger partial charge is 0.444 e. The van der Waals surface area contributed by atoms with Gasteiger partial charge in [0.1, 0.15) is 5.60 Å². The molecule has 1 rings (SSSR count). The average Bonchev–Trinajstić information content (AvgIpc) is 2.37. The van der Waals surface area contributed by atoms with Gasteiger partial charge in [0.15, 0.2) is 0 Å². The molecule has 0 aliphatic carbocycles. The summed E-state index contributed by atoms with van der Waals surface area (Å²) in [5.41, 5.74) is -0.434. The molecule has 5 heteroatoms. The molecule has 0 unspecified atom stereocenters. The molecule has 0 atom stereocenters. The second-order valence-corrected chi connectivity index (χ2v) is 6.59. The molecule has 0 bridgehead atoms. The van der Waals surface area contributed by atoms with E-state index in [0.29, 0.717) is 0 Å². The van der Waals surface area contributed by atoms with Crippen molar-refractivity contribution in [3.63, 3.8) is 0 Å². The Hall–Kier alpha value is -0.810. The van der Waals surface area contributed by atoms with E-state index in [4.69, 9.17) is 9.84 Å². The molecule has 0 saturated carbocycles. The molecule has 1 heterocycles. The van der Waals surface area contributed by atoms with Crippen molar-refractivity contribution in [1.29, 1.82) is 0 Å². The van der Waals surface area contributed by atoms with Crippen LogP contribution in [0.5, 0.6) is 0 Å². The summed E-state index contributed by atoms with van der Waals surface area (Å²) in [5.74, 6) is 0. The zero-order chi connectivity index (χ0) is 15.2. The number of hydrogen-bond donors (Lipinski definition) is 1. The molecule has 0 spiro atoms. The Bertz CT molecular complexity index is 294. The molecule has 1 fully saturated rings. The lowest BCUT2D eigenvalue weighted by Gasteiger charge is -2.37. The molecule has 0 aromatic heterocycles. The van der Waals surface area contributed by atoms with Crippen molar-refractivity contribution in [1.82, 2.24) is 9.80 Å². The van der Waals surface area contributed by atoms with Crippen LogP contribution in [0.15, 0.2) is 0 Å². The van der Waals surface area contributed by atoms with Crippen LogP contribution in [0.25, 0.3) is 0 Å². The zero-order valence-corrected chi connectivity index (χ0v) is 13.4. The summed E-state index contributed by atoms with van der Waals surface area (Å²) in [4.78, 5) is 16.2. The Balaban J connectivity index is 2.31. The SMILES string of the molecule is CN(C(=O)OC(C)(C)C)C1CCN(CCCCO)CC1. The van der Waals surface area contributed by atoms with Crippen molar-refractivity contribution < 1.29 is 14.6 Å². The van der Waals surface area contributed by atoms with Gasteiger partial charge in [-0.15, -0.1) is 0 Å². The summed E-state index contributed by atoms with van der Waals surface area (Å²) in [6, 6.07) is 0.277. The van der Waals surface area contributed by atoms with Crippen LogP contribution in [0.4, 0.5) is 4.79 Å². The average molecular weight is 286 g/mol. The molecular formula is C15H30N2O3. The van der Waals surface area contributed by atoms with Crippen LogP contribution in [0.2, 0.25) is 0 Å².